The molecule has 166 valence electrons. The van der Waals surface area contributed by atoms with Crippen LogP contribution < -0.4 is 0 Å². The Balaban J connectivity index is 1.90. The minimum Gasteiger partial charge on any atom is -0.461 e. The van der Waals surface area contributed by atoms with Crippen molar-refractivity contribution in [2.45, 2.75) is 72.4 Å². The van der Waals surface area contributed by atoms with Crippen molar-refractivity contribution >= 4 is 17.8 Å². The lowest BCUT2D eigenvalue weighted by molar-refractivity contribution is -0.161. The van der Waals surface area contributed by atoms with Gasteiger partial charge >= 0.3 is 5.97 Å². The van der Waals surface area contributed by atoms with Gasteiger partial charge < -0.3 is 4.74 Å². The zero-order valence-electron chi connectivity index (χ0n) is 19.2. The average Bonchev–Trinajstić information content (AvgIpc) is 2.96. The molecule has 0 unspecified atom stereocenters. The first-order chi connectivity index (χ1) is 14.6. The Labute approximate surface area is 185 Å². The van der Waals surface area contributed by atoms with Crippen molar-refractivity contribution in [3.05, 3.63) is 34.9 Å². The second kappa shape index (κ2) is 9.26. The quantitative estimate of drug-likeness (QED) is 0.379. The molecule has 31 heavy (non-hydrogen) atoms. The highest BCUT2D eigenvalue weighted by Crippen LogP contribution is 2.36. The summed E-state index contributed by atoms with van der Waals surface area (Å²) in [5.74, 6) is 2.27. The van der Waals surface area contributed by atoms with Crippen LogP contribution in [0, 0.1) is 36.0 Å². The van der Waals surface area contributed by atoms with Crippen LogP contribution in [0.25, 0.3) is 0 Å². The summed E-state index contributed by atoms with van der Waals surface area (Å²) in [7, 11) is 0. The number of esters is 1. The van der Waals surface area contributed by atoms with E-state index in [1.807, 2.05) is 13.8 Å². The van der Waals surface area contributed by atoms with Crippen LogP contribution in [0.5, 0.6) is 0 Å². The normalized spacial score (nSPS) is 24.3. The lowest BCUT2D eigenvalue weighted by Crippen LogP contribution is -2.48. The van der Waals surface area contributed by atoms with E-state index < -0.39 is 23.8 Å². The number of hydrogen-bond acceptors (Lipinski definition) is 4. The molecule has 1 fully saturated rings. The van der Waals surface area contributed by atoms with E-state index in [0.29, 0.717) is 23.8 Å². The van der Waals surface area contributed by atoms with Gasteiger partial charge in [0.25, 0.3) is 11.8 Å². The van der Waals surface area contributed by atoms with E-state index >= 15 is 0 Å². The molecule has 1 aliphatic carbocycles. The van der Waals surface area contributed by atoms with Gasteiger partial charge in [0.05, 0.1) is 11.1 Å². The molecule has 2 amide bonds. The topological polar surface area (TPSA) is 63.7 Å². The highest BCUT2D eigenvalue weighted by molar-refractivity contribution is 6.23. The molecule has 0 saturated heterocycles. The molecule has 0 N–H and O–H groups in total. The Morgan fingerprint density at radius 3 is 2.52 bits per heavy atom. The molecule has 0 aromatic heterocycles. The highest BCUT2D eigenvalue weighted by atomic mass is 16.5. The molecule has 0 radical (unpaired) electrons. The molecular weight excluding hydrogens is 390 g/mol. The molecule has 2 aliphatic rings. The second-order valence-electron chi connectivity index (χ2n) is 9.80. The van der Waals surface area contributed by atoms with Crippen LogP contribution in [0.1, 0.15) is 86.6 Å². The molecule has 0 spiro atoms. The Morgan fingerprint density at radius 1 is 1.19 bits per heavy atom. The highest BCUT2D eigenvalue weighted by Gasteiger charge is 2.46. The maximum Gasteiger partial charge on any atom is 0.329 e. The number of carbonyl (C=O) groups excluding carboxylic acids is 3. The van der Waals surface area contributed by atoms with Gasteiger partial charge in [0, 0.05) is 5.56 Å². The molecule has 5 nitrogen and oxygen atoms in total. The Bertz CT molecular complexity index is 910. The van der Waals surface area contributed by atoms with Gasteiger partial charge in [-0.1, -0.05) is 53.0 Å². The lowest BCUT2D eigenvalue weighted by atomic mass is 9.75. The molecule has 1 aliphatic heterocycles. The number of amides is 2. The summed E-state index contributed by atoms with van der Waals surface area (Å²) in [6, 6.07) is 3.93. The van der Waals surface area contributed by atoms with Gasteiger partial charge in [-0.05, 0) is 55.1 Å². The Kier molecular flexibility index (Phi) is 6.89. The predicted octanol–water partition coefficient (Wildman–Crippen LogP) is 4.68. The van der Waals surface area contributed by atoms with Crippen molar-refractivity contribution in [3.63, 3.8) is 0 Å². The van der Waals surface area contributed by atoms with Crippen molar-refractivity contribution in [2.75, 3.05) is 0 Å². The summed E-state index contributed by atoms with van der Waals surface area (Å²) >= 11 is 0. The van der Waals surface area contributed by atoms with E-state index in [1.165, 1.54) is 0 Å². The molecule has 4 atom stereocenters. The van der Waals surface area contributed by atoms with Gasteiger partial charge in [0.2, 0.25) is 0 Å². The van der Waals surface area contributed by atoms with Crippen LogP contribution in [-0.2, 0) is 9.53 Å². The number of fused-ring (bicyclic) bond motifs is 1. The van der Waals surface area contributed by atoms with Crippen LogP contribution in [0.3, 0.4) is 0 Å². The van der Waals surface area contributed by atoms with Crippen LogP contribution in [0.15, 0.2) is 18.2 Å². The van der Waals surface area contributed by atoms with Gasteiger partial charge in [-0.2, -0.15) is 0 Å². The monoisotopic (exact) mass is 423 g/mol. The molecule has 0 bridgehead atoms. The molecule has 1 heterocycles. The van der Waals surface area contributed by atoms with Crippen LogP contribution >= 0.6 is 0 Å². The number of carbonyl (C=O) groups is 3. The van der Waals surface area contributed by atoms with E-state index in [2.05, 4.69) is 26.7 Å². The van der Waals surface area contributed by atoms with Crippen molar-refractivity contribution in [2.24, 2.45) is 23.7 Å². The summed E-state index contributed by atoms with van der Waals surface area (Å²) in [4.78, 5) is 40.9. The zero-order valence-corrected chi connectivity index (χ0v) is 19.2. The van der Waals surface area contributed by atoms with Crippen LogP contribution in [-0.4, -0.2) is 34.8 Å². The first-order valence-corrected chi connectivity index (χ1v) is 11.3. The van der Waals surface area contributed by atoms with E-state index in [1.54, 1.807) is 18.2 Å². The minimum absolute atomic E-state index is 0.0974. The van der Waals surface area contributed by atoms with Crippen molar-refractivity contribution in [3.8, 4) is 12.3 Å². The summed E-state index contributed by atoms with van der Waals surface area (Å²) < 4.78 is 6.04. The fraction of sp³-hybridized carbons (Fsp3) is 0.577. The third kappa shape index (κ3) is 4.54. The second-order valence-corrected chi connectivity index (χ2v) is 9.80. The number of nitrogens with zero attached hydrogens (tertiary/aromatic N) is 1. The Hall–Kier alpha value is -2.61. The first-order valence-electron chi connectivity index (χ1n) is 11.3. The standard InChI is InChI=1S/C26H33NO4/c1-7-18-9-8-10-20-23(18)25(29)27(24(20)28)21(13-15(2)3)26(30)31-22-14-17(6)11-12-19(22)16(4)5/h1,8-10,15-17,19,21-22H,11-14H2,2-6H3/t17-,19+,21+,22-/m1/s1. The fourth-order valence-electron chi connectivity index (χ4n) is 4.94. The molecule has 1 aromatic rings. The molecule has 1 saturated carbocycles. The molecule has 3 rings (SSSR count). The van der Waals surface area contributed by atoms with E-state index in [-0.39, 0.29) is 29.1 Å². The van der Waals surface area contributed by atoms with Gasteiger partial charge in [-0.25, -0.2) is 4.79 Å². The maximum atomic E-state index is 13.4. The van der Waals surface area contributed by atoms with Gasteiger partial charge in [-0.3, -0.25) is 14.5 Å². The van der Waals surface area contributed by atoms with Gasteiger partial charge in [-0.15, -0.1) is 6.42 Å². The molecule has 1 aromatic carbocycles. The average molecular weight is 424 g/mol. The molecular formula is C26H33NO4. The van der Waals surface area contributed by atoms with E-state index in [9.17, 15) is 14.4 Å². The third-order valence-electron chi connectivity index (χ3n) is 6.61. The summed E-state index contributed by atoms with van der Waals surface area (Å²) in [5, 5.41) is 0. The minimum atomic E-state index is -0.955. The molecule has 5 heteroatoms. The van der Waals surface area contributed by atoms with E-state index in [4.69, 9.17) is 11.2 Å². The van der Waals surface area contributed by atoms with Crippen molar-refractivity contribution in [1.29, 1.82) is 0 Å². The number of ether oxygens (including phenoxy) is 1. The summed E-state index contributed by atoms with van der Waals surface area (Å²) in [5.41, 5.74) is 0.840. The Morgan fingerprint density at radius 2 is 1.90 bits per heavy atom. The SMILES string of the molecule is C#Cc1cccc2c1C(=O)N([C@@H](CC(C)C)C(=O)O[C@@H]1C[C@H](C)CC[C@H]1C(C)C)C2=O. The fourth-order valence-corrected chi connectivity index (χ4v) is 4.94. The number of hydrogen-bond donors (Lipinski definition) is 0. The van der Waals surface area contributed by atoms with Crippen LogP contribution in [0.2, 0.25) is 0 Å². The number of terminal acetylenes is 1. The third-order valence-corrected chi connectivity index (χ3v) is 6.61. The first kappa shape index (κ1) is 23.1. The number of rotatable bonds is 6. The largest absolute Gasteiger partial charge is 0.461 e. The van der Waals surface area contributed by atoms with E-state index in [0.717, 1.165) is 24.2 Å². The summed E-state index contributed by atoms with van der Waals surface area (Å²) in [6.07, 6.45) is 8.66. The maximum absolute atomic E-state index is 13.4. The van der Waals surface area contributed by atoms with Crippen LogP contribution in [0.4, 0.5) is 0 Å². The summed E-state index contributed by atoms with van der Waals surface area (Å²) in [6.45, 7) is 10.4. The number of imide groups is 1. The van der Waals surface area contributed by atoms with Crippen molar-refractivity contribution < 1.29 is 19.1 Å². The number of benzene rings is 1. The van der Waals surface area contributed by atoms with Crippen molar-refractivity contribution in [1.82, 2.24) is 4.90 Å². The zero-order chi connectivity index (χ0) is 22.9. The van der Waals surface area contributed by atoms with Gasteiger partial charge in [0.15, 0.2) is 0 Å². The smallest absolute Gasteiger partial charge is 0.329 e. The van der Waals surface area contributed by atoms with Gasteiger partial charge in [0.1, 0.15) is 12.1 Å². The lowest BCUT2D eigenvalue weighted by Gasteiger charge is -2.38. The predicted molar refractivity (Wildman–Crippen MR) is 119 cm³/mol.